The van der Waals surface area contributed by atoms with Gasteiger partial charge in [0.05, 0.1) is 0 Å². The van der Waals surface area contributed by atoms with Crippen LogP contribution in [0.1, 0.15) is 51.8 Å². The first kappa shape index (κ1) is 13.7. The zero-order chi connectivity index (χ0) is 12.7. The fourth-order valence-corrected chi connectivity index (χ4v) is 1.53. The zero-order valence-electron chi connectivity index (χ0n) is 11.4. The number of hydrogen-bond acceptors (Lipinski definition) is 4. The molecule has 0 saturated heterocycles. The molecule has 0 bridgehead atoms. The minimum Gasteiger partial charge on any atom is -0.373 e. The van der Waals surface area contributed by atoms with Crippen molar-refractivity contribution in [3.63, 3.8) is 0 Å². The van der Waals surface area contributed by atoms with Gasteiger partial charge >= 0.3 is 0 Å². The third kappa shape index (κ3) is 4.59. The Kier molecular flexibility index (Phi) is 5.73. The van der Waals surface area contributed by atoms with E-state index >= 15 is 0 Å². The van der Waals surface area contributed by atoms with Crippen LogP contribution in [-0.2, 0) is 0 Å². The SMILES string of the molecule is CCCCCNc1cc(NC)nc(C(C)C)n1. The topological polar surface area (TPSA) is 49.8 Å². The summed E-state index contributed by atoms with van der Waals surface area (Å²) in [5, 5.41) is 6.43. The van der Waals surface area contributed by atoms with Gasteiger partial charge in [-0.1, -0.05) is 33.6 Å². The van der Waals surface area contributed by atoms with Crippen molar-refractivity contribution in [1.82, 2.24) is 9.97 Å². The van der Waals surface area contributed by atoms with E-state index in [0.29, 0.717) is 5.92 Å². The molecule has 1 aromatic rings. The van der Waals surface area contributed by atoms with Crippen LogP contribution < -0.4 is 10.6 Å². The van der Waals surface area contributed by atoms with Gasteiger partial charge in [-0.05, 0) is 6.42 Å². The Bertz CT molecular complexity index is 336. The highest BCUT2D eigenvalue weighted by Gasteiger charge is 2.06. The molecule has 0 amide bonds. The number of rotatable bonds is 7. The number of aromatic nitrogens is 2. The Labute approximate surface area is 104 Å². The van der Waals surface area contributed by atoms with Crippen LogP contribution in [0.3, 0.4) is 0 Å². The average Bonchev–Trinajstić information content (AvgIpc) is 2.34. The molecule has 0 aromatic carbocycles. The lowest BCUT2D eigenvalue weighted by atomic mass is 10.2. The van der Waals surface area contributed by atoms with E-state index in [1.807, 2.05) is 13.1 Å². The van der Waals surface area contributed by atoms with Crippen molar-refractivity contribution in [3.05, 3.63) is 11.9 Å². The Morgan fingerprint density at radius 2 is 1.88 bits per heavy atom. The number of unbranched alkanes of at least 4 members (excludes halogenated alkanes) is 2. The molecular formula is C13H24N4. The van der Waals surface area contributed by atoms with Crippen molar-refractivity contribution in [2.75, 3.05) is 24.2 Å². The molecule has 0 saturated carbocycles. The van der Waals surface area contributed by atoms with Crippen LogP contribution in [0.2, 0.25) is 0 Å². The summed E-state index contributed by atoms with van der Waals surface area (Å²) in [6.45, 7) is 7.40. The van der Waals surface area contributed by atoms with Crippen molar-refractivity contribution in [2.24, 2.45) is 0 Å². The summed E-state index contributed by atoms with van der Waals surface area (Å²) in [6.07, 6.45) is 3.69. The molecule has 0 unspecified atom stereocenters. The van der Waals surface area contributed by atoms with Gasteiger partial charge in [0.1, 0.15) is 17.5 Å². The second-order valence-electron chi connectivity index (χ2n) is 4.54. The summed E-state index contributed by atoms with van der Waals surface area (Å²) in [4.78, 5) is 8.95. The molecule has 4 nitrogen and oxygen atoms in total. The molecule has 1 heterocycles. The molecule has 0 spiro atoms. The van der Waals surface area contributed by atoms with Crippen molar-refractivity contribution < 1.29 is 0 Å². The molecule has 17 heavy (non-hydrogen) atoms. The predicted molar refractivity (Wildman–Crippen MR) is 73.7 cm³/mol. The number of anilines is 2. The van der Waals surface area contributed by atoms with Gasteiger partial charge in [-0.3, -0.25) is 0 Å². The first-order valence-electron chi connectivity index (χ1n) is 6.48. The Hall–Kier alpha value is -1.32. The van der Waals surface area contributed by atoms with Crippen LogP contribution in [0.15, 0.2) is 6.07 Å². The highest BCUT2D eigenvalue weighted by atomic mass is 15.1. The molecule has 0 aliphatic carbocycles. The maximum atomic E-state index is 4.52. The first-order chi connectivity index (χ1) is 8.17. The Balaban J connectivity index is 2.66. The summed E-state index contributed by atoms with van der Waals surface area (Å²) in [5.74, 6) is 3.03. The summed E-state index contributed by atoms with van der Waals surface area (Å²) in [5.41, 5.74) is 0. The third-order valence-corrected chi connectivity index (χ3v) is 2.60. The summed E-state index contributed by atoms with van der Waals surface area (Å²) in [7, 11) is 1.88. The maximum Gasteiger partial charge on any atom is 0.135 e. The lowest BCUT2D eigenvalue weighted by Crippen LogP contribution is -2.08. The van der Waals surface area contributed by atoms with Crippen molar-refractivity contribution in [3.8, 4) is 0 Å². The van der Waals surface area contributed by atoms with Crippen molar-refractivity contribution >= 4 is 11.6 Å². The van der Waals surface area contributed by atoms with E-state index in [1.54, 1.807) is 0 Å². The molecule has 1 rings (SSSR count). The van der Waals surface area contributed by atoms with Crippen LogP contribution in [0.25, 0.3) is 0 Å². The smallest absolute Gasteiger partial charge is 0.135 e. The van der Waals surface area contributed by atoms with E-state index in [2.05, 4.69) is 41.4 Å². The largest absolute Gasteiger partial charge is 0.373 e. The van der Waals surface area contributed by atoms with Gasteiger partial charge in [0, 0.05) is 25.6 Å². The molecular weight excluding hydrogens is 212 g/mol. The minimum absolute atomic E-state index is 0.347. The molecule has 1 aromatic heterocycles. The Morgan fingerprint density at radius 3 is 2.47 bits per heavy atom. The molecule has 0 fully saturated rings. The van der Waals surface area contributed by atoms with Crippen LogP contribution >= 0.6 is 0 Å². The lowest BCUT2D eigenvalue weighted by Gasteiger charge is -2.11. The number of hydrogen-bond donors (Lipinski definition) is 2. The fraction of sp³-hybridized carbons (Fsp3) is 0.692. The van der Waals surface area contributed by atoms with E-state index in [4.69, 9.17) is 0 Å². The number of nitrogens with zero attached hydrogens (tertiary/aromatic N) is 2. The molecule has 0 aliphatic rings. The van der Waals surface area contributed by atoms with Gasteiger partial charge in [0.25, 0.3) is 0 Å². The quantitative estimate of drug-likeness (QED) is 0.714. The van der Waals surface area contributed by atoms with Crippen LogP contribution in [-0.4, -0.2) is 23.6 Å². The Morgan fingerprint density at radius 1 is 1.18 bits per heavy atom. The summed E-state index contributed by atoms with van der Waals surface area (Å²) < 4.78 is 0. The normalized spacial score (nSPS) is 10.6. The molecule has 4 heteroatoms. The second kappa shape index (κ2) is 7.09. The van der Waals surface area contributed by atoms with Crippen molar-refractivity contribution in [2.45, 2.75) is 46.0 Å². The maximum absolute atomic E-state index is 4.52. The molecule has 0 atom stereocenters. The molecule has 0 radical (unpaired) electrons. The van der Waals surface area contributed by atoms with E-state index in [0.717, 1.165) is 24.0 Å². The van der Waals surface area contributed by atoms with E-state index in [1.165, 1.54) is 19.3 Å². The highest BCUT2D eigenvalue weighted by molar-refractivity contribution is 5.47. The van der Waals surface area contributed by atoms with E-state index in [-0.39, 0.29) is 0 Å². The molecule has 96 valence electrons. The zero-order valence-corrected chi connectivity index (χ0v) is 11.4. The first-order valence-corrected chi connectivity index (χ1v) is 6.48. The predicted octanol–water partition coefficient (Wildman–Crippen LogP) is 3.24. The van der Waals surface area contributed by atoms with Gasteiger partial charge in [0.15, 0.2) is 0 Å². The summed E-state index contributed by atoms with van der Waals surface area (Å²) >= 11 is 0. The fourth-order valence-electron chi connectivity index (χ4n) is 1.53. The molecule has 0 aliphatic heterocycles. The van der Waals surface area contributed by atoms with Crippen molar-refractivity contribution in [1.29, 1.82) is 0 Å². The minimum atomic E-state index is 0.347. The second-order valence-corrected chi connectivity index (χ2v) is 4.54. The average molecular weight is 236 g/mol. The van der Waals surface area contributed by atoms with Crippen LogP contribution in [0.5, 0.6) is 0 Å². The van der Waals surface area contributed by atoms with E-state index < -0.39 is 0 Å². The number of nitrogens with one attached hydrogen (secondary N) is 2. The van der Waals surface area contributed by atoms with Gasteiger partial charge in [-0.2, -0.15) is 0 Å². The monoisotopic (exact) mass is 236 g/mol. The molecule has 2 N–H and O–H groups in total. The third-order valence-electron chi connectivity index (χ3n) is 2.60. The van der Waals surface area contributed by atoms with Crippen LogP contribution in [0, 0.1) is 0 Å². The van der Waals surface area contributed by atoms with Gasteiger partial charge < -0.3 is 10.6 Å². The van der Waals surface area contributed by atoms with Gasteiger partial charge in [0.2, 0.25) is 0 Å². The lowest BCUT2D eigenvalue weighted by molar-refractivity contribution is 0.737. The highest BCUT2D eigenvalue weighted by Crippen LogP contribution is 2.16. The standard InChI is InChI=1S/C13H24N4/c1-5-6-7-8-15-12-9-11(14-4)16-13(17-12)10(2)3/h9-10H,5-8H2,1-4H3,(H2,14,15,16,17). The van der Waals surface area contributed by atoms with Crippen LogP contribution in [0.4, 0.5) is 11.6 Å². The summed E-state index contributed by atoms with van der Waals surface area (Å²) in [6, 6.07) is 1.96. The van der Waals surface area contributed by atoms with E-state index in [9.17, 15) is 0 Å². The van der Waals surface area contributed by atoms with Gasteiger partial charge in [-0.25, -0.2) is 9.97 Å². The van der Waals surface area contributed by atoms with Gasteiger partial charge in [-0.15, -0.1) is 0 Å².